The molecular weight excluding hydrogens is 912 g/mol. The van der Waals surface area contributed by atoms with Gasteiger partial charge in [0.15, 0.2) is 6.29 Å². The van der Waals surface area contributed by atoms with Crippen LogP contribution in [0.2, 0.25) is 0 Å². The quantitative estimate of drug-likeness (QED) is 0.0458. The van der Waals surface area contributed by atoms with Crippen molar-refractivity contribution in [3.05, 3.63) is 148 Å². The largest absolute Gasteiger partial charge is 0.385 e. The number of allylic oxidation sites excluding steroid dienone is 2. The molecule has 3 aromatic carbocycles. The van der Waals surface area contributed by atoms with Crippen LogP contribution < -0.4 is 21.4 Å². The van der Waals surface area contributed by atoms with Gasteiger partial charge in [0.1, 0.15) is 12.1 Å². The van der Waals surface area contributed by atoms with E-state index < -0.39 is 11.7 Å². The smallest absolute Gasteiger partial charge is 0.256 e. The van der Waals surface area contributed by atoms with Gasteiger partial charge in [0, 0.05) is 134 Å². The van der Waals surface area contributed by atoms with Crippen LogP contribution in [0.3, 0.4) is 0 Å². The Hall–Kier alpha value is -6.82. The Labute approximate surface area is 423 Å². The van der Waals surface area contributed by atoms with Crippen LogP contribution in [0.15, 0.2) is 108 Å². The zero-order chi connectivity index (χ0) is 50.7. The number of halogens is 1. The van der Waals surface area contributed by atoms with Gasteiger partial charge in [-0.15, -0.1) is 0 Å². The first-order chi connectivity index (χ1) is 35.1. The summed E-state index contributed by atoms with van der Waals surface area (Å²) < 4.78 is 14.9. The lowest BCUT2D eigenvalue weighted by Crippen LogP contribution is -2.55. The molecule has 3 fully saturated rings. The molecule has 0 spiro atoms. The van der Waals surface area contributed by atoms with Gasteiger partial charge in [-0.3, -0.25) is 24.1 Å². The maximum Gasteiger partial charge on any atom is 0.256 e. The number of amides is 3. The first-order valence-corrected chi connectivity index (χ1v) is 25.4. The fourth-order valence-corrected chi connectivity index (χ4v) is 9.50. The van der Waals surface area contributed by atoms with Crippen LogP contribution in [-0.4, -0.2) is 169 Å². The number of piperazine rings is 2. The lowest BCUT2D eigenvalue weighted by Gasteiger charge is -2.39. The summed E-state index contributed by atoms with van der Waals surface area (Å²) in [5, 5.41) is 14.8. The summed E-state index contributed by atoms with van der Waals surface area (Å²) in [6.45, 7) is 15.0. The molecule has 382 valence electrons. The Morgan fingerprint density at radius 1 is 0.847 bits per heavy atom. The summed E-state index contributed by atoms with van der Waals surface area (Å²) in [6.07, 6.45) is 12.9. The van der Waals surface area contributed by atoms with Crippen molar-refractivity contribution in [3.63, 3.8) is 0 Å². The highest BCUT2D eigenvalue weighted by atomic mass is 19.1. The van der Waals surface area contributed by atoms with E-state index in [0.29, 0.717) is 67.5 Å². The number of piperidine rings is 1. The summed E-state index contributed by atoms with van der Waals surface area (Å²) in [4.78, 5) is 67.2. The normalized spacial score (nSPS) is 18.0. The SMILES string of the molecule is CCc1cccc(C2=CNC(C)C(NCCNCc3ccncn3)=C2)c1.CN/N=C(/Cc1ccc(F)c(C(=O)N2CCN(C(=O)CN3CCN(CC4CCN(C=O)CC4)CC3)CC2)c1)c1ccccc1C=O. The van der Waals surface area contributed by atoms with Crippen molar-refractivity contribution in [1.29, 1.82) is 0 Å². The minimum atomic E-state index is -0.599. The highest BCUT2D eigenvalue weighted by Gasteiger charge is 2.29. The number of carbonyl (C=O) groups excluding carboxylic acids is 4. The molecule has 4 aliphatic rings. The van der Waals surface area contributed by atoms with E-state index in [1.165, 1.54) is 28.5 Å². The number of aryl methyl sites for hydroxylation is 1. The second-order valence-corrected chi connectivity index (χ2v) is 18.8. The molecule has 5 heterocycles. The number of nitrogens with one attached hydrogen (secondary N) is 4. The Balaban J connectivity index is 0.000000247. The van der Waals surface area contributed by atoms with Gasteiger partial charge in [-0.25, -0.2) is 14.4 Å². The molecule has 16 nitrogen and oxygen atoms in total. The van der Waals surface area contributed by atoms with Crippen molar-refractivity contribution < 1.29 is 23.6 Å². The fourth-order valence-electron chi connectivity index (χ4n) is 9.50. The predicted molar refractivity (Wildman–Crippen MR) is 279 cm³/mol. The molecule has 1 aromatic heterocycles. The van der Waals surface area contributed by atoms with E-state index >= 15 is 0 Å². The molecule has 0 bridgehead atoms. The van der Waals surface area contributed by atoms with E-state index in [2.05, 4.69) is 96.6 Å². The molecule has 4 aromatic rings. The molecule has 1 unspecified atom stereocenters. The standard InChI is InChI=1S/C34H44FN7O4.C21H27N5/c1-36-37-32(29-5-3-2-4-28(29)24-43)21-27-6-7-31(35)30(20-27)34(46)42-18-16-41(17-19-42)33(45)23-39-14-12-38(13-15-39)22-26-8-10-40(25-44)11-9-26;1-3-17-5-4-6-18(11-17)19-12-21(16(2)25-13-19)24-10-9-22-14-20-7-8-23-15-26-20/h2-7,20,24-26,36H,8-19,21-23H2,1H3;4-8,11-13,15-16,22,24-25H,3,9-10,14H2,1-2H3/b37-32-;. The third-order valence-electron chi connectivity index (χ3n) is 13.9. The minimum absolute atomic E-state index is 0.0167. The van der Waals surface area contributed by atoms with Crippen LogP contribution in [-0.2, 0) is 29.0 Å². The topological polar surface area (TPSA) is 171 Å². The number of dihydropyridines is 1. The fraction of sp³-hybridized carbons (Fsp3) is 0.436. The second-order valence-electron chi connectivity index (χ2n) is 18.8. The van der Waals surface area contributed by atoms with E-state index in [0.717, 1.165) is 103 Å². The van der Waals surface area contributed by atoms with Gasteiger partial charge in [0.2, 0.25) is 12.3 Å². The van der Waals surface area contributed by atoms with Crippen molar-refractivity contribution >= 4 is 35.8 Å². The summed E-state index contributed by atoms with van der Waals surface area (Å²) in [5.41, 5.74) is 11.3. The summed E-state index contributed by atoms with van der Waals surface area (Å²) in [7, 11) is 1.66. The monoisotopic (exact) mass is 983 g/mol. The highest BCUT2D eigenvalue weighted by Crippen LogP contribution is 2.23. The molecule has 0 radical (unpaired) electrons. The van der Waals surface area contributed by atoms with Gasteiger partial charge in [-0.2, -0.15) is 5.10 Å². The number of likely N-dealkylation sites (tertiary alicyclic amines) is 1. The average Bonchev–Trinajstić information content (AvgIpc) is 3.42. The molecule has 4 N–H and O–H groups in total. The van der Waals surface area contributed by atoms with Gasteiger partial charge >= 0.3 is 0 Å². The molecule has 0 aliphatic carbocycles. The van der Waals surface area contributed by atoms with E-state index in [1.54, 1.807) is 59.7 Å². The molecule has 3 amide bonds. The zero-order valence-corrected chi connectivity index (χ0v) is 42.1. The van der Waals surface area contributed by atoms with Crippen LogP contribution in [0.1, 0.15) is 75.4 Å². The predicted octanol–water partition coefficient (Wildman–Crippen LogP) is 4.21. The van der Waals surface area contributed by atoms with Gasteiger partial charge in [-0.05, 0) is 78.6 Å². The first kappa shape index (κ1) is 53.0. The van der Waals surface area contributed by atoms with Gasteiger partial charge in [-0.1, -0.05) is 61.5 Å². The number of hydrazone groups is 1. The van der Waals surface area contributed by atoms with Crippen molar-refractivity contribution in [3.8, 4) is 0 Å². The molecule has 1 atom stereocenters. The van der Waals surface area contributed by atoms with E-state index in [9.17, 15) is 23.6 Å². The molecule has 8 rings (SSSR count). The number of hydrogen-bond donors (Lipinski definition) is 4. The summed E-state index contributed by atoms with van der Waals surface area (Å²) in [6, 6.07) is 22.5. The number of aldehydes is 1. The van der Waals surface area contributed by atoms with E-state index in [1.807, 2.05) is 17.0 Å². The Bertz CT molecular complexity index is 2510. The van der Waals surface area contributed by atoms with E-state index in [4.69, 9.17) is 0 Å². The third-order valence-corrected chi connectivity index (χ3v) is 13.9. The van der Waals surface area contributed by atoms with Crippen LogP contribution in [0.4, 0.5) is 4.39 Å². The Morgan fingerprint density at radius 3 is 2.33 bits per heavy atom. The lowest BCUT2D eigenvalue weighted by molar-refractivity contribution is -0.134. The van der Waals surface area contributed by atoms with Crippen molar-refractivity contribution in [2.45, 2.75) is 52.1 Å². The molecule has 72 heavy (non-hydrogen) atoms. The summed E-state index contributed by atoms with van der Waals surface area (Å²) in [5.74, 6) is -0.324. The number of rotatable bonds is 19. The molecule has 17 heteroatoms. The van der Waals surface area contributed by atoms with E-state index in [-0.39, 0.29) is 17.5 Å². The van der Waals surface area contributed by atoms with Crippen molar-refractivity contribution in [2.24, 2.45) is 11.0 Å². The van der Waals surface area contributed by atoms with Gasteiger partial charge in [0.05, 0.1) is 29.6 Å². The number of aromatic nitrogens is 2. The van der Waals surface area contributed by atoms with Crippen molar-refractivity contribution in [1.82, 2.24) is 55.8 Å². The molecule has 4 aliphatic heterocycles. The van der Waals surface area contributed by atoms with Gasteiger partial charge < -0.3 is 41.0 Å². The van der Waals surface area contributed by atoms with Crippen LogP contribution >= 0.6 is 0 Å². The minimum Gasteiger partial charge on any atom is -0.385 e. The number of hydrogen-bond acceptors (Lipinski definition) is 13. The zero-order valence-electron chi connectivity index (χ0n) is 42.1. The number of nitrogens with zero attached hydrogens (tertiary/aromatic N) is 8. The average molecular weight is 983 g/mol. The van der Waals surface area contributed by atoms with Crippen LogP contribution in [0.25, 0.3) is 5.57 Å². The van der Waals surface area contributed by atoms with Crippen molar-refractivity contribution in [2.75, 3.05) is 98.7 Å². The second kappa shape index (κ2) is 27.1. The highest BCUT2D eigenvalue weighted by molar-refractivity contribution is 6.07. The van der Waals surface area contributed by atoms with Crippen LogP contribution in [0, 0.1) is 11.7 Å². The molecule has 0 saturated carbocycles. The summed E-state index contributed by atoms with van der Waals surface area (Å²) >= 11 is 0. The Morgan fingerprint density at radius 2 is 1.61 bits per heavy atom. The Kier molecular flexibility index (Phi) is 20.0. The lowest BCUT2D eigenvalue weighted by atomic mass is 9.96. The molecular formula is C55H71FN12O4. The maximum absolute atomic E-state index is 14.9. The first-order valence-electron chi connectivity index (χ1n) is 25.4. The number of benzene rings is 3. The van der Waals surface area contributed by atoms with Gasteiger partial charge in [0.25, 0.3) is 5.91 Å². The third kappa shape index (κ3) is 15.1. The molecule has 3 saturated heterocycles. The number of carbonyl (C=O) groups is 4. The maximum atomic E-state index is 14.9. The van der Waals surface area contributed by atoms with Crippen LogP contribution in [0.5, 0.6) is 0 Å².